The molecule has 0 saturated heterocycles. The molecular weight excluding hydrogens is 416 g/mol. The second-order valence-corrected chi connectivity index (χ2v) is 8.10. The van der Waals surface area contributed by atoms with Crippen LogP contribution in [0, 0.1) is 0 Å². The molecule has 1 N–H and O–H groups in total. The molecule has 4 aromatic rings. The number of carbonyl (C=O) groups excluding carboxylic acids is 1. The van der Waals surface area contributed by atoms with E-state index in [4.69, 9.17) is 9.47 Å². The molecule has 2 heterocycles. The number of carbonyl (C=O) groups is 1. The Morgan fingerprint density at radius 3 is 2.91 bits per heavy atom. The number of rotatable bonds is 7. The van der Waals surface area contributed by atoms with E-state index in [0.717, 1.165) is 40.6 Å². The number of methoxy groups -OCH3 is 1. The summed E-state index contributed by atoms with van der Waals surface area (Å²) in [7, 11) is 3.29. The number of nitrogens with one attached hydrogen (secondary N) is 1. The molecule has 0 spiro atoms. The van der Waals surface area contributed by atoms with Crippen LogP contribution in [0.1, 0.15) is 30.1 Å². The van der Waals surface area contributed by atoms with Gasteiger partial charge in [-0.05, 0) is 54.3 Å². The van der Waals surface area contributed by atoms with Crippen molar-refractivity contribution in [2.75, 3.05) is 14.2 Å². The van der Waals surface area contributed by atoms with Crippen molar-refractivity contribution in [2.45, 2.75) is 31.9 Å². The Morgan fingerprint density at radius 2 is 2.06 bits per heavy atom. The highest BCUT2D eigenvalue weighted by Crippen LogP contribution is 2.43. The lowest BCUT2D eigenvalue weighted by Gasteiger charge is -2.19. The van der Waals surface area contributed by atoms with E-state index >= 15 is 0 Å². The van der Waals surface area contributed by atoms with Crippen molar-refractivity contribution < 1.29 is 14.3 Å². The molecular formula is C26H26N4O3. The zero-order valence-corrected chi connectivity index (χ0v) is 18.7. The largest absolute Gasteiger partial charge is 0.486 e. The highest BCUT2D eigenvalue weighted by atomic mass is 16.5. The molecule has 1 atom stereocenters. The number of aryl methyl sites for hydroxylation is 2. The van der Waals surface area contributed by atoms with Gasteiger partial charge in [-0.25, -0.2) is 4.98 Å². The molecule has 33 heavy (non-hydrogen) atoms. The lowest BCUT2D eigenvalue weighted by molar-refractivity contribution is -0.120. The van der Waals surface area contributed by atoms with Crippen LogP contribution in [-0.4, -0.2) is 34.8 Å². The predicted octanol–water partition coefficient (Wildman–Crippen LogP) is 4.31. The number of aromatic nitrogens is 3. The quantitative estimate of drug-likeness (QED) is 0.461. The number of pyridine rings is 1. The first-order valence-electron chi connectivity index (χ1n) is 11.1. The Hall–Kier alpha value is -3.87. The number of hydrogen-bond donors (Lipinski definition) is 1. The predicted molar refractivity (Wildman–Crippen MR) is 126 cm³/mol. The van der Waals surface area contributed by atoms with Crippen LogP contribution in [0.4, 0.5) is 0 Å². The van der Waals surface area contributed by atoms with E-state index in [1.165, 1.54) is 11.1 Å². The van der Waals surface area contributed by atoms with Gasteiger partial charge >= 0.3 is 0 Å². The third-order valence-electron chi connectivity index (χ3n) is 6.17. The van der Waals surface area contributed by atoms with Gasteiger partial charge in [0.25, 0.3) is 0 Å². The number of benzene rings is 2. The fraction of sp³-hybridized carbons (Fsp3) is 0.269. The van der Waals surface area contributed by atoms with Gasteiger partial charge in [-0.2, -0.15) is 5.10 Å². The van der Waals surface area contributed by atoms with E-state index in [1.807, 2.05) is 41.2 Å². The van der Waals surface area contributed by atoms with Gasteiger partial charge in [-0.3, -0.25) is 9.48 Å². The number of nitrogens with zero attached hydrogens (tertiary/aromatic N) is 3. The van der Waals surface area contributed by atoms with Crippen molar-refractivity contribution in [3.63, 3.8) is 0 Å². The second-order valence-electron chi connectivity index (χ2n) is 8.10. The molecule has 168 valence electrons. The minimum absolute atomic E-state index is 0.000414. The summed E-state index contributed by atoms with van der Waals surface area (Å²) < 4.78 is 13.9. The Labute approximate surface area is 192 Å². The molecule has 1 unspecified atom stereocenters. The van der Waals surface area contributed by atoms with Crippen molar-refractivity contribution in [1.29, 1.82) is 0 Å². The van der Waals surface area contributed by atoms with Gasteiger partial charge in [0.2, 0.25) is 11.8 Å². The molecule has 7 nitrogen and oxygen atoms in total. The molecule has 1 aliphatic carbocycles. The molecule has 2 aromatic carbocycles. The van der Waals surface area contributed by atoms with Crippen molar-refractivity contribution in [1.82, 2.24) is 20.1 Å². The fourth-order valence-corrected chi connectivity index (χ4v) is 4.57. The van der Waals surface area contributed by atoms with Crippen molar-refractivity contribution in [3.8, 4) is 22.8 Å². The summed E-state index contributed by atoms with van der Waals surface area (Å²) in [5.41, 5.74) is 5.55. The van der Waals surface area contributed by atoms with E-state index in [9.17, 15) is 4.79 Å². The molecule has 0 aliphatic heterocycles. The van der Waals surface area contributed by atoms with Crippen LogP contribution in [-0.2, 0) is 17.8 Å². The van der Waals surface area contributed by atoms with E-state index in [0.29, 0.717) is 18.8 Å². The summed E-state index contributed by atoms with van der Waals surface area (Å²) in [6.45, 7) is 0.537. The van der Waals surface area contributed by atoms with Gasteiger partial charge in [0.15, 0.2) is 0 Å². The van der Waals surface area contributed by atoms with Gasteiger partial charge < -0.3 is 14.8 Å². The highest BCUT2D eigenvalue weighted by Gasteiger charge is 2.28. The van der Waals surface area contributed by atoms with E-state index < -0.39 is 0 Å². The van der Waals surface area contributed by atoms with Crippen molar-refractivity contribution >= 4 is 16.8 Å². The van der Waals surface area contributed by atoms with Gasteiger partial charge in [-0.1, -0.05) is 18.2 Å². The number of hydrogen-bond acceptors (Lipinski definition) is 5. The van der Waals surface area contributed by atoms with Crippen LogP contribution in [0.25, 0.3) is 22.0 Å². The average molecular weight is 443 g/mol. The zero-order chi connectivity index (χ0) is 22.8. The fourth-order valence-electron chi connectivity index (χ4n) is 4.57. The summed E-state index contributed by atoms with van der Waals surface area (Å²) in [5.74, 6) is 1.42. The number of fused-ring (bicyclic) bond motifs is 2. The molecule has 1 aliphatic rings. The molecule has 0 radical (unpaired) electrons. The van der Waals surface area contributed by atoms with Gasteiger partial charge in [-0.15, -0.1) is 0 Å². The van der Waals surface area contributed by atoms with Gasteiger partial charge in [0, 0.05) is 36.2 Å². The maximum Gasteiger partial charge on any atom is 0.221 e. The summed E-state index contributed by atoms with van der Waals surface area (Å²) >= 11 is 0. The maximum atomic E-state index is 11.6. The minimum Gasteiger partial charge on any atom is -0.486 e. The Bertz CT molecular complexity index is 1310. The van der Waals surface area contributed by atoms with Crippen molar-refractivity contribution in [3.05, 3.63) is 72.1 Å². The van der Waals surface area contributed by atoms with Crippen LogP contribution in [0.5, 0.6) is 11.6 Å². The lowest BCUT2D eigenvalue weighted by atomic mass is 9.96. The van der Waals surface area contributed by atoms with Gasteiger partial charge in [0.05, 0.1) is 25.4 Å². The normalized spacial score (nSPS) is 14.8. The average Bonchev–Trinajstić information content (AvgIpc) is 3.46. The first kappa shape index (κ1) is 21.0. The summed E-state index contributed by atoms with van der Waals surface area (Å²) in [6.07, 6.45) is 5.78. The third kappa shape index (κ3) is 4.02. The molecule has 0 saturated carbocycles. The molecule has 7 heteroatoms. The van der Waals surface area contributed by atoms with E-state index in [1.54, 1.807) is 20.4 Å². The number of ether oxygens (including phenoxy) is 2. The molecule has 0 bridgehead atoms. The smallest absolute Gasteiger partial charge is 0.221 e. The van der Waals surface area contributed by atoms with Crippen LogP contribution >= 0.6 is 0 Å². The summed E-state index contributed by atoms with van der Waals surface area (Å²) in [5, 5.41) is 8.08. The standard InChI is InChI=1S/C26H26N4O3/c1-27-24(31)12-14-30-22-10-9-19(15-18(22)16-29-30)33-23-11-8-17-5-3-6-20(25(17)23)21-7-4-13-28-26(21)32-2/h3-7,9-10,13,15-16,23H,8,11-12,14H2,1-2H3,(H,27,31). The molecule has 5 rings (SSSR count). The Morgan fingerprint density at radius 1 is 1.18 bits per heavy atom. The first-order valence-corrected chi connectivity index (χ1v) is 11.1. The summed E-state index contributed by atoms with van der Waals surface area (Å²) in [6, 6.07) is 16.3. The topological polar surface area (TPSA) is 78.3 Å². The van der Waals surface area contributed by atoms with Crippen LogP contribution < -0.4 is 14.8 Å². The van der Waals surface area contributed by atoms with E-state index in [-0.39, 0.29) is 12.0 Å². The minimum atomic E-state index is -0.0538. The third-order valence-corrected chi connectivity index (χ3v) is 6.17. The van der Waals surface area contributed by atoms with Gasteiger partial charge in [0.1, 0.15) is 11.9 Å². The second kappa shape index (κ2) is 8.94. The van der Waals surface area contributed by atoms with E-state index in [2.05, 4.69) is 33.6 Å². The molecule has 2 aromatic heterocycles. The van der Waals surface area contributed by atoms with Crippen LogP contribution in [0.2, 0.25) is 0 Å². The summed E-state index contributed by atoms with van der Waals surface area (Å²) in [4.78, 5) is 16.0. The number of amides is 1. The van der Waals surface area contributed by atoms with Crippen LogP contribution in [0.15, 0.2) is 60.9 Å². The Balaban J connectivity index is 1.43. The first-order chi connectivity index (χ1) is 16.2. The maximum absolute atomic E-state index is 11.6. The SMILES string of the molecule is CNC(=O)CCn1ncc2cc(OC3CCc4cccc(-c5cccnc5OC)c43)ccc21. The lowest BCUT2D eigenvalue weighted by Crippen LogP contribution is -2.19. The molecule has 0 fully saturated rings. The molecule has 1 amide bonds. The van der Waals surface area contributed by atoms with Crippen LogP contribution in [0.3, 0.4) is 0 Å². The Kier molecular flexibility index (Phi) is 5.69. The zero-order valence-electron chi connectivity index (χ0n) is 18.7. The highest BCUT2D eigenvalue weighted by molar-refractivity contribution is 5.81. The van der Waals surface area contributed by atoms with Crippen molar-refractivity contribution in [2.24, 2.45) is 0 Å². The monoisotopic (exact) mass is 442 g/mol.